The molecule has 4 heteroatoms. The van der Waals surface area contributed by atoms with Gasteiger partial charge in [-0.3, -0.25) is 0 Å². The lowest BCUT2D eigenvalue weighted by atomic mass is 10.1. The van der Waals surface area contributed by atoms with Crippen molar-refractivity contribution in [1.29, 1.82) is 0 Å². The van der Waals surface area contributed by atoms with E-state index < -0.39 is 18.4 Å². The second-order valence-corrected chi connectivity index (χ2v) is 2.44. The largest absolute Gasteiger partial charge is 0.389 e. The first-order chi connectivity index (χ1) is 4.75. The van der Waals surface area contributed by atoms with Gasteiger partial charge in [0.1, 0.15) is 12.3 Å². The van der Waals surface area contributed by atoms with Crippen LogP contribution in [0, 0.1) is 0 Å². The number of nitrogens with one attached hydrogen (secondary N) is 1. The monoisotopic (exact) mass is 149 g/mol. The molecule has 10 heavy (non-hydrogen) atoms. The van der Waals surface area contributed by atoms with Crippen LogP contribution >= 0.6 is 0 Å². The number of β-amino-alcohol motifs (C(OH)–C–C–N with tert-alkyl or cyclic N) is 1. The van der Waals surface area contributed by atoms with Gasteiger partial charge in [-0.2, -0.15) is 0 Å². The van der Waals surface area contributed by atoms with E-state index in [1.165, 1.54) is 7.11 Å². The molecule has 0 radical (unpaired) electrons. The number of hydrogen-bond acceptors (Lipinski definition) is 3. The summed E-state index contributed by atoms with van der Waals surface area (Å²) in [4.78, 5) is 0. The Morgan fingerprint density at radius 2 is 2.30 bits per heavy atom. The van der Waals surface area contributed by atoms with Crippen LogP contribution in [0.25, 0.3) is 0 Å². The second-order valence-electron chi connectivity index (χ2n) is 2.44. The van der Waals surface area contributed by atoms with Gasteiger partial charge in [-0.05, 0) is 0 Å². The van der Waals surface area contributed by atoms with E-state index >= 15 is 0 Å². The minimum Gasteiger partial charge on any atom is -0.389 e. The molecular formula is C6H12FNO2. The molecule has 2 N–H and O–H groups in total. The van der Waals surface area contributed by atoms with Gasteiger partial charge < -0.3 is 15.2 Å². The summed E-state index contributed by atoms with van der Waals surface area (Å²) in [6.45, 7) is 0.689. The summed E-state index contributed by atoms with van der Waals surface area (Å²) in [5.41, 5.74) is 0. The summed E-state index contributed by atoms with van der Waals surface area (Å²) < 4.78 is 17.5. The fourth-order valence-electron chi connectivity index (χ4n) is 1.15. The van der Waals surface area contributed by atoms with E-state index in [1.54, 1.807) is 0 Å². The second kappa shape index (κ2) is 3.27. The molecule has 1 aliphatic rings. The van der Waals surface area contributed by atoms with Gasteiger partial charge in [0.15, 0.2) is 0 Å². The van der Waals surface area contributed by atoms with Gasteiger partial charge >= 0.3 is 0 Å². The highest BCUT2D eigenvalue weighted by Gasteiger charge is 2.31. The zero-order valence-corrected chi connectivity index (χ0v) is 5.88. The number of halogens is 1. The van der Waals surface area contributed by atoms with Gasteiger partial charge in [0, 0.05) is 20.2 Å². The molecule has 60 valence electrons. The number of aliphatic hydroxyl groups is 1. The number of hydrogen-bond donors (Lipinski definition) is 2. The molecule has 0 aromatic rings. The van der Waals surface area contributed by atoms with Gasteiger partial charge in [-0.25, -0.2) is 4.39 Å². The van der Waals surface area contributed by atoms with Crippen LogP contribution in [0.3, 0.4) is 0 Å². The van der Waals surface area contributed by atoms with Crippen molar-refractivity contribution in [3.05, 3.63) is 0 Å². The number of methoxy groups -OCH3 is 1. The lowest BCUT2D eigenvalue weighted by Gasteiger charge is -2.30. The third-order valence-electron chi connectivity index (χ3n) is 1.70. The molecule has 1 rings (SSSR count). The predicted molar refractivity (Wildman–Crippen MR) is 34.6 cm³/mol. The maximum Gasteiger partial charge on any atom is 0.141 e. The first-order valence-electron chi connectivity index (χ1n) is 3.31. The van der Waals surface area contributed by atoms with E-state index in [0.29, 0.717) is 6.54 Å². The molecular weight excluding hydrogens is 137 g/mol. The molecule has 0 spiro atoms. The standard InChI is InChI=1S/C6H12FNO2/c1-10-6-4(7)2-8-3-5(6)9/h4-6,8-9H,2-3H2,1H3/t4-,5+,6-/m1/s1. The molecule has 0 saturated carbocycles. The van der Waals surface area contributed by atoms with Crippen LogP contribution in [-0.4, -0.2) is 43.7 Å². The normalized spacial score (nSPS) is 41.7. The third kappa shape index (κ3) is 1.45. The molecule has 1 heterocycles. The Hall–Kier alpha value is -0.190. The third-order valence-corrected chi connectivity index (χ3v) is 1.70. The first-order valence-corrected chi connectivity index (χ1v) is 3.31. The summed E-state index contributed by atoms with van der Waals surface area (Å²) in [6, 6.07) is 0. The van der Waals surface area contributed by atoms with Crippen LogP contribution in [0.1, 0.15) is 0 Å². The Morgan fingerprint density at radius 1 is 1.60 bits per heavy atom. The topological polar surface area (TPSA) is 41.5 Å². The molecule has 0 aliphatic carbocycles. The van der Waals surface area contributed by atoms with Crippen LogP contribution in [-0.2, 0) is 4.74 Å². The number of alkyl halides is 1. The van der Waals surface area contributed by atoms with Crippen molar-refractivity contribution in [3.8, 4) is 0 Å². The quantitative estimate of drug-likeness (QED) is 0.518. The van der Waals surface area contributed by atoms with Crippen LogP contribution in [0.2, 0.25) is 0 Å². The molecule has 0 amide bonds. The number of ether oxygens (including phenoxy) is 1. The van der Waals surface area contributed by atoms with Gasteiger partial charge in [0.05, 0.1) is 6.10 Å². The minimum atomic E-state index is -1.09. The van der Waals surface area contributed by atoms with Gasteiger partial charge in [0.2, 0.25) is 0 Å². The Labute approximate surface area is 59.2 Å². The van der Waals surface area contributed by atoms with E-state index in [-0.39, 0.29) is 6.54 Å². The SMILES string of the molecule is CO[C@@H]1[C@H](F)CNC[C@@H]1O. The van der Waals surface area contributed by atoms with Crippen LogP contribution in [0.5, 0.6) is 0 Å². The molecule has 0 aromatic heterocycles. The molecule has 1 fully saturated rings. The van der Waals surface area contributed by atoms with Crippen molar-refractivity contribution in [1.82, 2.24) is 5.32 Å². The van der Waals surface area contributed by atoms with E-state index in [1.807, 2.05) is 0 Å². The molecule has 0 bridgehead atoms. The number of piperidine rings is 1. The van der Waals surface area contributed by atoms with Crippen molar-refractivity contribution < 1.29 is 14.2 Å². The minimum absolute atomic E-state index is 0.273. The smallest absolute Gasteiger partial charge is 0.141 e. The molecule has 0 aromatic carbocycles. The average Bonchev–Trinajstić information content (AvgIpc) is 1.88. The number of aliphatic hydroxyl groups excluding tert-OH is 1. The molecule has 1 saturated heterocycles. The van der Waals surface area contributed by atoms with Crippen molar-refractivity contribution in [3.63, 3.8) is 0 Å². The molecule has 3 nitrogen and oxygen atoms in total. The first kappa shape index (κ1) is 7.91. The van der Waals surface area contributed by atoms with Crippen molar-refractivity contribution in [2.75, 3.05) is 20.2 Å². The fraction of sp³-hybridized carbons (Fsp3) is 1.00. The zero-order chi connectivity index (χ0) is 7.56. The summed E-state index contributed by atoms with van der Waals surface area (Å²) in [5, 5.41) is 11.9. The Kier molecular flexibility index (Phi) is 2.59. The molecule has 0 unspecified atom stereocenters. The van der Waals surface area contributed by atoms with Crippen LogP contribution in [0.4, 0.5) is 4.39 Å². The summed E-state index contributed by atoms with van der Waals surface area (Å²) in [7, 11) is 1.41. The van der Waals surface area contributed by atoms with Crippen LogP contribution in [0.15, 0.2) is 0 Å². The Bertz CT molecular complexity index is 102. The van der Waals surface area contributed by atoms with E-state index in [9.17, 15) is 4.39 Å². The summed E-state index contributed by atoms with van der Waals surface area (Å²) in [6.07, 6.45) is -2.45. The van der Waals surface area contributed by atoms with Gasteiger partial charge in [-0.1, -0.05) is 0 Å². The van der Waals surface area contributed by atoms with E-state index in [4.69, 9.17) is 9.84 Å². The highest BCUT2D eigenvalue weighted by molar-refractivity contribution is 4.85. The van der Waals surface area contributed by atoms with Crippen LogP contribution < -0.4 is 5.32 Å². The predicted octanol–water partition coefficient (Wildman–Crippen LogP) is -0.696. The van der Waals surface area contributed by atoms with E-state index in [0.717, 1.165) is 0 Å². The molecule has 3 atom stereocenters. The lowest BCUT2D eigenvalue weighted by Crippen LogP contribution is -2.52. The van der Waals surface area contributed by atoms with E-state index in [2.05, 4.69) is 5.32 Å². The Morgan fingerprint density at radius 3 is 2.70 bits per heavy atom. The highest BCUT2D eigenvalue weighted by atomic mass is 19.1. The summed E-state index contributed by atoms with van der Waals surface area (Å²) >= 11 is 0. The van der Waals surface area contributed by atoms with Gasteiger partial charge in [0.25, 0.3) is 0 Å². The fourth-order valence-corrected chi connectivity index (χ4v) is 1.15. The lowest BCUT2D eigenvalue weighted by molar-refractivity contribution is -0.0693. The number of rotatable bonds is 1. The highest BCUT2D eigenvalue weighted by Crippen LogP contribution is 2.10. The van der Waals surface area contributed by atoms with Crippen molar-refractivity contribution in [2.45, 2.75) is 18.4 Å². The average molecular weight is 149 g/mol. The Balaban J connectivity index is 2.45. The van der Waals surface area contributed by atoms with Crippen molar-refractivity contribution >= 4 is 0 Å². The van der Waals surface area contributed by atoms with Crippen molar-refractivity contribution in [2.24, 2.45) is 0 Å². The maximum absolute atomic E-state index is 12.8. The molecule has 1 aliphatic heterocycles. The maximum atomic E-state index is 12.8. The zero-order valence-electron chi connectivity index (χ0n) is 5.88. The van der Waals surface area contributed by atoms with Gasteiger partial charge in [-0.15, -0.1) is 0 Å². The summed E-state index contributed by atoms with van der Waals surface area (Å²) in [5.74, 6) is 0.